The zero-order valence-corrected chi connectivity index (χ0v) is 11.8. The van der Waals surface area contributed by atoms with Crippen LogP contribution in [-0.4, -0.2) is 26.8 Å². The van der Waals surface area contributed by atoms with Crippen LogP contribution in [0.3, 0.4) is 0 Å². The van der Waals surface area contributed by atoms with Gasteiger partial charge in [0.2, 0.25) is 0 Å². The fraction of sp³-hybridized carbons (Fsp3) is 0.364. The van der Waals surface area contributed by atoms with E-state index in [1.54, 1.807) is 6.07 Å². The molecule has 104 valence electrons. The molecule has 8 heteroatoms. The molecule has 0 bridgehead atoms. The third-order valence-corrected chi connectivity index (χ3v) is 3.66. The van der Waals surface area contributed by atoms with Crippen molar-refractivity contribution >= 4 is 38.8 Å². The van der Waals surface area contributed by atoms with E-state index in [0.29, 0.717) is 11.1 Å². The van der Waals surface area contributed by atoms with E-state index in [2.05, 4.69) is 4.98 Å². The molecule has 0 amide bonds. The third-order valence-electron chi connectivity index (χ3n) is 2.30. The summed E-state index contributed by atoms with van der Waals surface area (Å²) in [5.74, 6) is 0.157. The Hall–Kier alpha value is -0.890. The molecule has 1 aromatic carbocycles. The maximum atomic E-state index is 13.0. The lowest BCUT2D eigenvalue weighted by molar-refractivity contribution is 0.0210. The highest BCUT2D eigenvalue weighted by atomic mass is 79.9. The van der Waals surface area contributed by atoms with Gasteiger partial charge in [-0.15, -0.1) is 0 Å². The minimum Gasteiger partial charge on any atom is -0.508 e. The van der Waals surface area contributed by atoms with Gasteiger partial charge in [-0.05, 0) is 34.5 Å². The normalized spacial score (nSPS) is 13.9. The van der Waals surface area contributed by atoms with Gasteiger partial charge in [0.05, 0.1) is 0 Å². The Bertz CT molecular complexity index is 573. The first kappa shape index (κ1) is 14.5. The van der Waals surface area contributed by atoms with Crippen LogP contribution in [0.2, 0.25) is 0 Å². The van der Waals surface area contributed by atoms with Crippen molar-refractivity contribution in [3.8, 4) is 5.75 Å². The fourth-order valence-electron chi connectivity index (χ4n) is 1.37. The third kappa shape index (κ3) is 3.79. The number of fused-ring (bicyclic) bond motifs is 1. The summed E-state index contributed by atoms with van der Waals surface area (Å²) < 4.78 is 43.3. The van der Waals surface area contributed by atoms with E-state index < -0.39 is 11.0 Å². The predicted molar refractivity (Wildman–Crippen MR) is 69.8 cm³/mol. The summed E-state index contributed by atoms with van der Waals surface area (Å²) in [7, 11) is 0. The van der Waals surface area contributed by atoms with E-state index in [4.69, 9.17) is 4.42 Å². The van der Waals surface area contributed by atoms with E-state index in [0.717, 1.165) is 11.8 Å². The lowest BCUT2D eigenvalue weighted by Crippen LogP contribution is -2.22. The summed E-state index contributed by atoms with van der Waals surface area (Å²) >= 11 is 3.02. The van der Waals surface area contributed by atoms with Crippen LogP contribution < -0.4 is 0 Å². The number of benzene rings is 1. The first-order valence-electron chi connectivity index (χ1n) is 5.29. The van der Waals surface area contributed by atoms with Crippen molar-refractivity contribution in [2.45, 2.75) is 22.6 Å². The highest BCUT2D eigenvalue weighted by molar-refractivity contribution is 9.10. The molecule has 0 fully saturated rings. The second kappa shape index (κ2) is 5.62. The Morgan fingerprint density at radius 3 is 2.89 bits per heavy atom. The summed E-state index contributed by atoms with van der Waals surface area (Å²) in [6.45, 7) is 0. The molecule has 0 radical (unpaired) electrons. The number of hydrogen-bond donors (Lipinski definition) is 1. The van der Waals surface area contributed by atoms with Gasteiger partial charge >= 0.3 is 4.83 Å². The summed E-state index contributed by atoms with van der Waals surface area (Å²) in [4.78, 5) is 0.563. The standard InChI is InChI=1S/C11H9BrF3NO2S/c12-11(14,15)9(13)3-4-19-10-16-7-2-1-6(17)5-8(7)18-10/h1-2,5,9,17H,3-4H2. The van der Waals surface area contributed by atoms with Gasteiger partial charge in [-0.3, -0.25) is 0 Å². The van der Waals surface area contributed by atoms with Crippen LogP contribution in [0.5, 0.6) is 5.75 Å². The van der Waals surface area contributed by atoms with Gasteiger partial charge in [0, 0.05) is 11.8 Å². The number of aromatic nitrogens is 1. The zero-order chi connectivity index (χ0) is 14.0. The molecule has 0 spiro atoms. The van der Waals surface area contributed by atoms with Crippen LogP contribution in [0.15, 0.2) is 27.8 Å². The fourth-order valence-corrected chi connectivity index (χ4v) is 2.41. The van der Waals surface area contributed by atoms with Crippen molar-refractivity contribution in [2.75, 3.05) is 5.75 Å². The Labute approximate surface area is 119 Å². The molecule has 2 aromatic rings. The molecule has 1 heterocycles. The molecule has 19 heavy (non-hydrogen) atoms. The monoisotopic (exact) mass is 355 g/mol. The molecular weight excluding hydrogens is 347 g/mol. The van der Waals surface area contributed by atoms with Gasteiger partial charge in [-0.1, -0.05) is 11.8 Å². The summed E-state index contributed by atoms with van der Waals surface area (Å²) in [5, 5.41) is 9.50. The zero-order valence-electron chi connectivity index (χ0n) is 9.45. The van der Waals surface area contributed by atoms with Crippen LogP contribution in [0.4, 0.5) is 13.2 Å². The maximum absolute atomic E-state index is 13.0. The average Bonchev–Trinajstić information content (AvgIpc) is 2.69. The summed E-state index contributed by atoms with van der Waals surface area (Å²) in [6, 6.07) is 4.43. The van der Waals surface area contributed by atoms with Gasteiger partial charge in [0.1, 0.15) is 11.3 Å². The van der Waals surface area contributed by atoms with E-state index in [9.17, 15) is 18.3 Å². The minimum absolute atomic E-state index is 0.0444. The predicted octanol–water partition coefficient (Wildman–Crippen LogP) is 4.34. The maximum Gasteiger partial charge on any atom is 0.331 e. The Morgan fingerprint density at radius 2 is 2.21 bits per heavy atom. The molecule has 1 N–H and O–H groups in total. The molecule has 1 aromatic heterocycles. The lowest BCUT2D eigenvalue weighted by Gasteiger charge is -2.12. The topological polar surface area (TPSA) is 46.3 Å². The largest absolute Gasteiger partial charge is 0.508 e. The highest BCUT2D eigenvalue weighted by Gasteiger charge is 2.36. The van der Waals surface area contributed by atoms with Crippen molar-refractivity contribution < 1.29 is 22.7 Å². The van der Waals surface area contributed by atoms with Crippen LogP contribution in [0, 0.1) is 0 Å². The lowest BCUT2D eigenvalue weighted by atomic mass is 10.3. The number of phenolic OH excluding ortho intramolecular Hbond substituents is 1. The Balaban J connectivity index is 1.95. The minimum atomic E-state index is -3.51. The van der Waals surface area contributed by atoms with Crippen LogP contribution in [-0.2, 0) is 0 Å². The van der Waals surface area contributed by atoms with Crippen LogP contribution in [0.25, 0.3) is 11.1 Å². The number of alkyl halides is 4. The van der Waals surface area contributed by atoms with Gasteiger partial charge in [0.25, 0.3) is 5.22 Å². The quantitative estimate of drug-likeness (QED) is 0.640. The second-order valence-electron chi connectivity index (χ2n) is 3.78. The first-order chi connectivity index (χ1) is 8.86. The van der Waals surface area contributed by atoms with Gasteiger partial charge in [0.15, 0.2) is 11.8 Å². The molecule has 0 aliphatic heterocycles. The summed E-state index contributed by atoms with van der Waals surface area (Å²) in [6.07, 6.45) is -2.58. The summed E-state index contributed by atoms with van der Waals surface area (Å²) in [5.41, 5.74) is 0.938. The Kier molecular flexibility index (Phi) is 4.29. The number of oxazole rings is 1. The number of hydrogen-bond acceptors (Lipinski definition) is 4. The van der Waals surface area contributed by atoms with E-state index >= 15 is 0 Å². The van der Waals surface area contributed by atoms with Gasteiger partial charge < -0.3 is 9.52 Å². The van der Waals surface area contributed by atoms with Crippen LogP contribution >= 0.6 is 27.7 Å². The molecule has 0 aliphatic carbocycles. The second-order valence-corrected chi connectivity index (χ2v) is 5.88. The van der Waals surface area contributed by atoms with Crippen molar-refractivity contribution in [3.05, 3.63) is 18.2 Å². The number of nitrogens with zero attached hydrogens (tertiary/aromatic N) is 1. The van der Waals surface area contributed by atoms with E-state index in [1.807, 2.05) is 15.9 Å². The average molecular weight is 356 g/mol. The molecular formula is C11H9BrF3NO2S. The van der Waals surface area contributed by atoms with Gasteiger partial charge in [-0.25, -0.2) is 9.37 Å². The highest BCUT2D eigenvalue weighted by Crippen LogP contribution is 2.32. The molecule has 0 saturated carbocycles. The number of rotatable bonds is 5. The molecule has 0 aliphatic rings. The molecule has 1 atom stereocenters. The Morgan fingerprint density at radius 1 is 1.47 bits per heavy atom. The first-order valence-corrected chi connectivity index (χ1v) is 7.07. The van der Waals surface area contributed by atoms with Crippen LogP contribution in [0.1, 0.15) is 6.42 Å². The number of thioether (sulfide) groups is 1. The molecule has 1 unspecified atom stereocenters. The van der Waals surface area contributed by atoms with Crippen molar-refractivity contribution in [1.29, 1.82) is 0 Å². The molecule has 2 rings (SSSR count). The van der Waals surface area contributed by atoms with Gasteiger partial charge in [-0.2, -0.15) is 8.78 Å². The number of phenols is 1. The molecule has 0 saturated heterocycles. The molecule has 3 nitrogen and oxygen atoms in total. The van der Waals surface area contributed by atoms with Crippen molar-refractivity contribution in [1.82, 2.24) is 4.98 Å². The van der Waals surface area contributed by atoms with E-state index in [1.165, 1.54) is 12.1 Å². The van der Waals surface area contributed by atoms with Crippen molar-refractivity contribution in [2.24, 2.45) is 0 Å². The van der Waals surface area contributed by atoms with Crippen molar-refractivity contribution in [3.63, 3.8) is 0 Å². The SMILES string of the molecule is Oc1ccc2nc(SCCC(F)C(F)(F)Br)oc2c1. The van der Waals surface area contributed by atoms with E-state index in [-0.39, 0.29) is 23.1 Å². The number of halogens is 4. The smallest absolute Gasteiger partial charge is 0.331 e. The number of aromatic hydroxyl groups is 1.